The predicted molar refractivity (Wildman–Crippen MR) is 69.6 cm³/mol. The average molecular weight is 262 g/mol. The zero-order chi connectivity index (χ0) is 13.8. The van der Waals surface area contributed by atoms with Crippen LogP contribution >= 0.6 is 0 Å². The molecule has 7 nitrogen and oxygen atoms in total. The normalized spacial score (nSPS) is 10.2. The molecule has 0 aliphatic heterocycles. The van der Waals surface area contributed by atoms with Crippen LogP contribution in [-0.2, 0) is 4.79 Å². The van der Waals surface area contributed by atoms with Gasteiger partial charge in [-0.15, -0.1) is 5.10 Å². The number of nitrogen functional groups attached to an aromatic ring is 1. The van der Waals surface area contributed by atoms with E-state index in [2.05, 4.69) is 15.5 Å². The summed E-state index contributed by atoms with van der Waals surface area (Å²) in [7, 11) is 0. The third kappa shape index (κ3) is 3.01. The number of anilines is 2. The molecule has 19 heavy (non-hydrogen) atoms. The van der Waals surface area contributed by atoms with Gasteiger partial charge in [-0.25, -0.2) is 0 Å². The average Bonchev–Trinajstić information content (AvgIpc) is 2.78. The molecule has 100 valence electrons. The molecule has 0 radical (unpaired) electrons. The summed E-state index contributed by atoms with van der Waals surface area (Å²) in [4.78, 5) is 11.2. The minimum atomic E-state index is -0.192. The van der Waals surface area contributed by atoms with E-state index in [0.29, 0.717) is 23.6 Å². The highest BCUT2D eigenvalue weighted by Crippen LogP contribution is 2.30. The van der Waals surface area contributed by atoms with Crippen LogP contribution in [0.2, 0.25) is 0 Å². The van der Waals surface area contributed by atoms with Crippen molar-refractivity contribution in [2.45, 2.75) is 13.8 Å². The van der Waals surface area contributed by atoms with Crippen LogP contribution in [0.25, 0.3) is 11.5 Å². The fourth-order valence-corrected chi connectivity index (χ4v) is 1.58. The smallest absolute Gasteiger partial charge is 0.313 e. The van der Waals surface area contributed by atoms with Gasteiger partial charge in [0.2, 0.25) is 11.8 Å². The first-order valence-corrected chi connectivity index (χ1v) is 5.74. The molecule has 0 fully saturated rings. The number of ether oxygens (including phenoxy) is 1. The lowest BCUT2D eigenvalue weighted by Crippen LogP contribution is -2.08. The molecule has 3 N–H and O–H groups in total. The van der Waals surface area contributed by atoms with Crippen molar-refractivity contribution in [3.8, 4) is 17.2 Å². The molecule has 1 aromatic carbocycles. The zero-order valence-electron chi connectivity index (χ0n) is 10.6. The third-order valence-electron chi connectivity index (χ3n) is 2.28. The van der Waals surface area contributed by atoms with E-state index < -0.39 is 0 Å². The maximum Gasteiger partial charge on any atom is 0.313 e. The van der Waals surface area contributed by atoms with E-state index in [4.69, 9.17) is 14.9 Å². The van der Waals surface area contributed by atoms with E-state index in [1.54, 1.807) is 18.2 Å². The standard InChI is InChI=1S/C12H14N4O3/c1-3-18-10-5-4-8(6-9(10)14-7(2)17)11-15-16-12(13)19-11/h4-6H,3H2,1-2H3,(H2,13,16)(H,14,17). The Kier molecular flexibility index (Phi) is 3.65. The van der Waals surface area contributed by atoms with Crippen molar-refractivity contribution < 1.29 is 13.9 Å². The van der Waals surface area contributed by atoms with Gasteiger partial charge in [-0.1, -0.05) is 5.10 Å². The van der Waals surface area contributed by atoms with Crippen LogP contribution in [0, 0.1) is 0 Å². The lowest BCUT2D eigenvalue weighted by molar-refractivity contribution is -0.114. The fraction of sp³-hybridized carbons (Fsp3) is 0.250. The summed E-state index contributed by atoms with van der Waals surface area (Å²) >= 11 is 0. The van der Waals surface area contributed by atoms with Gasteiger partial charge < -0.3 is 20.2 Å². The molecule has 0 unspecified atom stereocenters. The molecule has 0 saturated carbocycles. The molecule has 1 aromatic heterocycles. The van der Waals surface area contributed by atoms with E-state index in [1.807, 2.05) is 6.92 Å². The summed E-state index contributed by atoms with van der Waals surface area (Å²) in [6.45, 7) is 3.79. The van der Waals surface area contributed by atoms with Crippen molar-refractivity contribution >= 4 is 17.6 Å². The Labute approximate surface area is 109 Å². The molecular weight excluding hydrogens is 248 g/mol. The number of nitrogens with zero attached hydrogens (tertiary/aromatic N) is 2. The summed E-state index contributed by atoms with van der Waals surface area (Å²) in [5.41, 5.74) is 6.57. The van der Waals surface area contributed by atoms with Crippen LogP contribution in [0.15, 0.2) is 22.6 Å². The zero-order valence-corrected chi connectivity index (χ0v) is 10.6. The number of nitrogens with one attached hydrogen (secondary N) is 1. The molecule has 0 spiro atoms. The van der Waals surface area contributed by atoms with E-state index in [1.165, 1.54) is 6.92 Å². The first-order valence-electron chi connectivity index (χ1n) is 5.74. The van der Waals surface area contributed by atoms with Crippen molar-refractivity contribution in [3.63, 3.8) is 0 Å². The van der Waals surface area contributed by atoms with Gasteiger partial charge in [-0.3, -0.25) is 4.79 Å². The second kappa shape index (κ2) is 5.38. The van der Waals surface area contributed by atoms with Crippen LogP contribution in [-0.4, -0.2) is 22.7 Å². The Morgan fingerprint density at radius 3 is 2.84 bits per heavy atom. The molecule has 2 rings (SSSR count). The van der Waals surface area contributed by atoms with Crippen molar-refractivity contribution in [1.29, 1.82) is 0 Å². The van der Waals surface area contributed by atoms with E-state index >= 15 is 0 Å². The molecular formula is C12H14N4O3. The predicted octanol–water partition coefficient (Wildman–Crippen LogP) is 1.68. The van der Waals surface area contributed by atoms with Crippen LogP contribution in [0.3, 0.4) is 0 Å². The lowest BCUT2D eigenvalue weighted by atomic mass is 10.2. The van der Waals surface area contributed by atoms with Gasteiger partial charge in [-0.2, -0.15) is 0 Å². The lowest BCUT2D eigenvalue weighted by Gasteiger charge is -2.11. The summed E-state index contributed by atoms with van der Waals surface area (Å²) in [5, 5.41) is 10.1. The van der Waals surface area contributed by atoms with Crippen LogP contribution in [0.5, 0.6) is 5.75 Å². The van der Waals surface area contributed by atoms with Crippen LogP contribution < -0.4 is 15.8 Å². The number of hydrogen-bond acceptors (Lipinski definition) is 6. The third-order valence-corrected chi connectivity index (χ3v) is 2.28. The Morgan fingerprint density at radius 1 is 1.47 bits per heavy atom. The van der Waals surface area contributed by atoms with Crippen molar-refractivity contribution in [2.75, 3.05) is 17.7 Å². The minimum Gasteiger partial charge on any atom is -0.492 e. The highest BCUT2D eigenvalue weighted by atomic mass is 16.5. The largest absolute Gasteiger partial charge is 0.492 e. The number of benzene rings is 1. The number of carbonyl (C=O) groups excluding carboxylic acids is 1. The maximum atomic E-state index is 11.2. The Bertz CT molecular complexity index is 594. The minimum absolute atomic E-state index is 0.00929. The summed E-state index contributed by atoms with van der Waals surface area (Å²) < 4.78 is 10.6. The van der Waals surface area contributed by atoms with Gasteiger partial charge in [0, 0.05) is 12.5 Å². The molecule has 7 heteroatoms. The molecule has 0 saturated heterocycles. The SMILES string of the molecule is CCOc1ccc(-c2nnc(N)o2)cc1NC(C)=O. The first kappa shape index (κ1) is 12.9. The highest BCUT2D eigenvalue weighted by molar-refractivity contribution is 5.91. The topological polar surface area (TPSA) is 103 Å². The van der Waals surface area contributed by atoms with E-state index in [0.717, 1.165) is 0 Å². The van der Waals surface area contributed by atoms with E-state index in [9.17, 15) is 4.79 Å². The molecule has 0 aliphatic rings. The molecule has 1 heterocycles. The Morgan fingerprint density at radius 2 is 2.26 bits per heavy atom. The van der Waals surface area contributed by atoms with Gasteiger partial charge in [-0.05, 0) is 25.1 Å². The molecule has 0 aliphatic carbocycles. The number of amides is 1. The number of carbonyl (C=O) groups is 1. The molecule has 0 bridgehead atoms. The summed E-state index contributed by atoms with van der Waals surface area (Å²) in [5.74, 6) is 0.671. The van der Waals surface area contributed by atoms with Gasteiger partial charge >= 0.3 is 6.01 Å². The molecule has 1 amide bonds. The van der Waals surface area contributed by atoms with Gasteiger partial charge in [0.1, 0.15) is 5.75 Å². The second-order valence-electron chi connectivity index (χ2n) is 3.77. The van der Waals surface area contributed by atoms with Crippen molar-refractivity contribution in [2.24, 2.45) is 0 Å². The Balaban J connectivity index is 2.39. The van der Waals surface area contributed by atoms with Crippen LogP contribution in [0.1, 0.15) is 13.8 Å². The van der Waals surface area contributed by atoms with Crippen molar-refractivity contribution in [1.82, 2.24) is 10.2 Å². The molecule has 2 aromatic rings. The monoisotopic (exact) mass is 262 g/mol. The van der Waals surface area contributed by atoms with Crippen LogP contribution in [0.4, 0.5) is 11.7 Å². The molecule has 0 atom stereocenters. The number of rotatable bonds is 4. The second-order valence-corrected chi connectivity index (χ2v) is 3.77. The summed E-state index contributed by atoms with van der Waals surface area (Å²) in [6, 6.07) is 5.16. The van der Waals surface area contributed by atoms with Gasteiger partial charge in [0.05, 0.1) is 12.3 Å². The van der Waals surface area contributed by atoms with Gasteiger partial charge in [0.15, 0.2) is 0 Å². The van der Waals surface area contributed by atoms with E-state index in [-0.39, 0.29) is 17.8 Å². The summed E-state index contributed by atoms with van der Waals surface area (Å²) in [6.07, 6.45) is 0. The first-order chi connectivity index (χ1) is 9.10. The highest BCUT2D eigenvalue weighted by Gasteiger charge is 2.11. The quantitative estimate of drug-likeness (QED) is 0.868. The fourth-order valence-electron chi connectivity index (χ4n) is 1.58. The number of hydrogen-bond donors (Lipinski definition) is 2. The number of aromatic nitrogens is 2. The van der Waals surface area contributed by atoms with Crippen molar-refractivity contribution in [3.05, 3.63) is 18.2 Å². The number of nitrogens with two attached hydrogens (primary N) is 1. The maximum absolute atomic E-state index is 11.2. The Hall–Kier alpha value is -2.57. The van der Waals surface area contributed by atoms with Gasteiger partial charge in [0.25, 0.3) is 0 Å².